The maximum Gasteiger partial charge on any atom is 0.1000 e. The molecule has 0 fully saturated rings. The highest BCUT2D eigenvalue weighted by Crippen LogP contribution is 2.37. The number of hydrogen-bond donors (Lipinski definition) is 0. The summed E-state index contributed by atoms with van der Waals surface area (Å²) in [5.41, 5.74) is 7.05. The molecule has 0 aliphatic rings. The van der Waals surface area contributed by atoms with Crippen molar-refractivity contribution < 1.29 is 0 Å². The normalized spacial score (nSPS) is 10.5. The van der Waals surface area contributed by atoms with Crippen LogP contribution in [0.25, 0.3) is 11.1 Å². The van der Waals surface area contributed by atoms with Gasteiger partial charge in [0.05, 0.1) is 12.4 Å². The molecule has 160 valence electrons. The van der Waals surface area contributed by atoms with Crippen LogP contribution in [-0.2, 0) is 0 Å². The van der Waals surface area contributed by atoms with E-state index in [-0.39, 0.29) is 0 Å². The molecular formula is C31H26N2. The molecule has 5 aromatic rings. The van der Waals surface area contributed by atoms with E-state index in [9.17, 15) is 0 Å². The molecular weight excluding hydrogens is 400 g/mol. The van der Waals surface area contributed by atoms with Crippen LogP contribution in [0.15, 0.2) is 146 Å². The molecule has 2 nitrogen and oxygen atoms in total. The minimum Gasteiger partial charge on any atom is -0.323 e. The third-order valence-corrected chi connectivity index (χ3v) is 5.77. The van der Waals surface area contributed by atoms with Crippen LogP contribution < -0.4 is 9.80 Å². The standard InChI is InChI=1S/C31H26N2/c1-5-15-26(16-6-1)30-23-13-14-24-31(30)33(29-21-11-4-12-22-29)25-32(27-17-7-2-8-18-27)28-19-9-3-10-20-28/h1-24H,25H2. The molecule has 5 aromatic carbocycles. The van der Waals surface area contributed by atoms with Gasteiger partial charge in [-0.1, -0.05) is 103 Å². The fourth-order valence-electron chi connectivity index (χ4n) is 4.15. The number of nitrogens with zero attached hydrogens (tertiary/aromatic N) is 2. The molecule has 33 heavy (non-hydrogen) atoms. The molecule has 5 rings (SSSR count). The van der Waals surface area contributed by atoms with E-state index >= 15 is 0 Å². The first-order chi connectivity index (χ1) is 16.4. The zero-order chi connectivity index (χ0) is 22.3. The van der Waals surface area contributed by atoms with E-state index in [0.717, 1.165) is 17.1 Å². The van der Waals surface area contributed by atoms with Crippen molar-refractivity contribution >= 4 is 22.7 Å². The zero-order valence-corrected chi connectivity index (χ0v) is 18.5. The van der Waals surface area contributed by atoms with Crippen LogP contribution >= 0.6 is 0 Å². The van der Waals surface area contributed by atoms with Gasteiger partial charge in [-0.25, -0.2) is 0 Å². The fraction of sp³-hybridized carbons (Fsp3) is 0.0323. The summed E-state index contributed by atoms with van der Waals surface area (Å²) in [6, 6.07) is 51.0. The highest BCUT2D eigenvalue weighted by Gasteiger charge is 2.19. The third-order valence-electron chi connectivity index (χ3n) is 5.77. The lowest BCUT2D eigenvalue weighted by molar-refractivity contribution is 0.926. The Kier molecular flexibility index (Phi) is 6.17. The van der Waals surface area contributed by atoms with Crippen molar-refractivity contribution in [1.29, 1.82) is 0 Å². The molecule has 0 bridgehead atoms. The molecule has 0 atom stereocenters. The second-order valence-corrected chi connectivity index (χ2v) is 7.89. The monoisotopic (exact) mass is 426 g/mol. The van der Waals surface area contributed by atoms with Crippen molar-refractivity contribution in [2.24, 2.45) is 0 Å². The van der Waals surface area contributed by atoms with Crippen molar-refractivity contribution in [2.75, 3.05) is 16.5 Å². The Morgan fingerprint density at radius 3 is 1.27 bits per heavy atom. The Bertz CT molecular complexity index is 1230. The molecule has 0 radical (unpaired) electrons. The first kappa shape index (κ1) is 20.6. The lowest BCUT2D eigenvalue weighted by atomic mass is 10.0. The Labute approximate surface area is 196 Å². The molecule has 0 aliphatic carbocycles. The summed E-state index contributed by atoms with van der Waals surface area (Å²) < 4.78 is 0. The number of anilines is 4. The molecule has 0 aromatic heterocycles. The number of hydrogen-bond acceptors (Lipinski definition) is 2. The molecule has 0 unspecified atom stereocenters. The van der Waals surface area contributed by atoms with Gasteiger partial charge in [-0.05, 0) is 48.0 Å². The Hall–Kier alpha value is -4.30. The van der Waals surface area contributed by atoms with Crippen molar-refractivity contribution in [3.63, 3.8) is 0 Å². The number of rotatable bonds is 7. The maximum atomic E-state index is 2.39. The Balaban J connectivity index is 1.64. The van der Waals surface area contributed by atoms with Crippen LogP contribution in [0, 0.1) is 0 Å². The zero-order valence-electron chi connectivity index (χ0n) is 18.5. The van der Waals surface area contributed by atoms with Gasteiger partial charge in [0.25, 0.3) is 0 Å². The molecule has 0 heterocycles. The van der Waals surface area contributed by atoms with E-state index in [1.165, 1.54) is 16.8 Å². The lowest BCUT2D eigenvalue weighted by Crippen LogP contribution is -2.32. The molecule has 2 heteroatoms. The highest BCUT2D eigenvalue weighted by molar-refractivity contribution is 5.83. The maximum absolute atomic E-state index is 2.39. The van der Waals surface area contributed by atoms with Crippen LogP contribution in [0.1, 0.15) is 0 Å². The van der Waals surface area contributed by atoms with E-state index in [1.54, 1.807) is 0 Å². The van der Waals surface area contributed by atoms with Gasteiger partial charge in [0.2, 0.25) is 0 Å². The summed E-state index contributed by atoms with van der Waals surface area (Å²) in [6.45, 7) is 0.669. The van der Waals surface area contributed by atoms with E-state index in [4.69, 9.17) is 0 Å². The van der Waals surface area contributed by atoms with Gasteiger partial charge >= 0.3 is 0 Å². The first-order valence-electron chi connectivity index (χ1n) is 11.2. The summed E-state index contributed by atoms with van der Waals surface area (Å²) in [5, 5.41) is 0. The van der Waals surface area contributed by atoms with Crippen molar-refractivity contribution in [1.82, 2.24) is 0 Å². The number of benzene rings is 5. The smallest absolute Gasteiger partial charge is 0.1000 e. The average Bonchev–Trinajstić information content (AvgIpc) is 2.91. The van der Waals surface area contributed by atoms with Gasteiger partial charge in [0, 0.05) is 22.6 Å². The van der Waals surface area contributed by atoms with E-state index in [2.05, 4.69) is 155 Å². The van der Waals surface area contributed by atoms with Crippen molar-refractivity contribution in [2.45, 2.75) is 0 Å². The molecule has 0 aliphatic heterocycles. The van der Waals surface area contributed by atoms with Gasteiger partial charge in [0.15, 0.2) is 0 Å². The van der Waals surface area contributed by atoms with E-state index < -0.39 is 0 Å². The molecule has 0 saturated carbocycles. The topological polar surface area (TPSA) is 6.48 Å². The second kappa shape index (κ2) is 9.88. The lowest BCUT2D eigenvalue weighted by Gasteiger charge is -2.35. The van der Waals surface area contributed by atoms with Crippen LogP contribution in [0.2, 0.25) is 0 Å². The largest absolute Gasteiger partial charge is 0.323 e. The van der Waals surface area contributed by atoms with Gasteiger partial charge in [0.1, 0.15) is 0 Å². The second-order valence-electron chi connectivity index (χ2n) is 7.89. The molecule has 0 amide bonds. The van der Waals surface area contributed by atoms with E-state index in [0.29, 0.717) is 6.67 Å². The molecule has 0 saturated heterocycles. The van der Waals surface area contributed by atoms with Crippen LogP contribution in [-0.4, -0.2) is 6.67 Å². The van der Waals surface area contributed by atoms with Crippen molar-refractivity contribution in [3.8, 4) is 11.1 Å². The van der Waals surface area contributed by atoms with Gasteiger partial charge in [-0.15, -0.1) is 0 Å². The highest BCUT2D eigenvalue weighted by atomic mass is 15.3. The minimum atomic E-state index is 0.669. The minimum absolute atomic E-state index is 0.669. The van der Waals surface area contributed by atoms with Gasteiger partial charge < -0.3 is 9.80 Å². The van der Waals surface area contributed by atoms with Crippen LogP contribution in [0.5, 0.6) is 0 Å². The predicted octanol–water partition coefficient (Wildman–Crippen LogP) is 8.29. The summed E-state index contributed by atoms with van der Waals surface area (Å²) in [5.74, 6) is 0. The van der Waals surface area contributed by atoms with Gasteiger partial charge in [-0.3, -0.25) is 0 Å². The number of para-hydroxylation sites is 4. The van der Waals surface area contributed by atoms with Crippen molar-refractivity contribution in [3.05, 3.63) is 146 Å². The third kappa shape index (κ3) is 4.65. The summed E-state index contributed by atoms with van der Waals surface area (Å²) >= 11 is 0. The van der Waals surface area contributed by atoms with Crippen LogP contribution in [0.4, 0.5) is 22.7 Å². The fourth-order valence-corrected chi connectivity index (χ4v) is 4.15. The summed E-state index contributed by atoms with van der Waals surface area (Å²) in [7, 11) is 0. The van der Waals surface area contributed by atoms with Gasteiger partial charge in [-0.2, -0.15) is 0 Å². The van der Waals surface area contributed by atoms with E-state index in [1.807, 2.05) is 0 Å². The molecule has 0 N–H and O–H groups in total. The average molecular weight is 427 g/mol. The Morgan fingerprint density at radius 1 is 0.364 bits per heavy atom. The summed E-state index contributed by atoms with van der Waals surface area (Å²) in [6.07, 6.45) is 0. The van der Waals surface area contributed by atoms with Crippen LogP contribution in [0.3, 0.4) is 0 Å². The summed E-state index contributed by atoms with van der Waals surface area (Å²) in [4.78, 5) is 4.75. The quantitative estimate of drug-likeness (QED) is 0.242. The first-order valence-corrected chi connectivity index (χ1v) is 11.2. The predicted molar refractivity (Wildman–Crippen MR) is 140 cm³/mol. The molecule has 0 spiro atoms. The SMILES string of the molecule is c1ccc(-c2ccccc2N(CN(c2ccccc2)c2ccccc2)c2ccccc2)cc1. The Morgan fingerprint density at radius 2 is 0.758 bits per heavy atom.